The van der Waals surface area contributed by atoms with E-state index in [4.69, 9.17) is 14.9 Å². The number of alkyl halides is 3. The largest absolute Gasteiger partial charge is 0.490 e. The van der Waals surface area contributed by atoms with Crippen molar-refractivity contribution in [3.63, 3.8) is 0 Å². The predicted octanol–water partition coefficient (Wildman–Crippen LogP) is 7.17. The summed E-state index contributed by atoms with van der Waals surface area (Å²) in [4.78, 5) is 17.1. The summed E-state index contributed by atoms with van der Waals surface area (Å²) in [6.07, 6.45) is -5.08. The molecule has 6 nitrogen and oxygen atoms in total. The molecule has 40 heavy (non-hydrogen) atoms. The van der Waals surface area contributed by atoms with Gasteiger partial charge in [0.1, 0.15) is 5.82 Å². The van der Waals surface area contributed by atoms with E-state index in [1.54, 1.807) is 0 Å². The number of anilines is 1. The second-order valence-electron chi connectivity index (χ2n) is 9.18. The smallest absolute Gasteiger partial charge is 0.475 e. The van der Waals surface area contributed by atoms with Crippen molar-refractivity contribution < 1.29 is 23.1 Å². The minimum Gasteiger partial charge on any atom is -0.475 e. The molecule has 1 aromatic heterocycles. The fourth-order valence-corrected chi connectivity index (χ4v) is 4.09. The number of aryl methyl sites for hydroxylation is 1. The molecule has 4 N–H and O–H groups in total. The maximum absolute atomic E-state index is 10.6. The Morgan fingerprint density at radius 2 is 1.32 bits per heavy atom. The van der Waals surface area contributed by atoms with Crippen LogP contribution in [-0.4, -0.2) is 34.3 Å². The van der Waals surface area contributed by atoms with Gasteiger partial charge in [-0.1, -0.05) is 72.8 Å². The highest BCUT2D eigenvalue weighted by atomic mass is 19.4. The van der Waals surface area contributed by atoms with Crippen LogP contribution in [-0.2, 0) is 17.9 Å². The van der Waals surface area contributed by atoms with E-state index < -0.39 is 12.1 Å². The Kier molecular flexibility index (Phi) is 8.86. The van der Waals surface area contributed by atoms with Gasteiger partial charge in [0.2, 0.25) is 0 Å². The molecule has 5 aromatic rings. The third-order valence-corrected chi connectivity index (χ3v) is 6.30. The molecule has 1 heterocycles. The number of hydrogen-bond acceptors (Lipinski definition) is 4. The summed E-state index contributed by atoms with van der Waals surface area (Å²) in [5, 5.41) is 13.8. The van der Waals surface area contributed by atoms with Crippen molar-refractivity contribution in [3.8, 4) is 22.5 Å². The van der Waals surface area contributed by atoms with Gasteiger partial charge in [-0.15, -0.1) is 0 Å². The Morgan fingerprint density at radius 1 is 0.825 bits per heavy atom. The van der Waals surface area contributed by atoms with E-state index in [1.807, 2.05) is 7.05 Å². The lowest BCUT2D eigenvalue weighted by atomic mass is 10.0. The van der Waals surface area contributed by atoms with Gasteiger partial charge < -0.3 is 20.7 Å². The summed E-state index contributed by atoms with van der Waals surface area (Å²) in [6, 6.07) is 32.1. The van der Waals surface area contributed by atoms with Crippen LogP contribution in [0.4, 0.5) is 18.9 Å². The molecule has 9 heteroatoms. The number of fused-ring (bicyclic) bond motifs is 1. The highest BCUT2D eigenvalue weighted by Crippen LogP contribution is 2.26. The monoisotopic (exact) mass is 546 g/mol. The zero-order chi connectivity index (χ0) is 28.7. The molecule has 0 aliphatic carbocycles. The van der Waals surface area contributed by atoms with E-state index >= 15 is 0 Å². The van der Waals surface area contributed by atoms with Gasteiger partial charge in [0.25, 0.3) is 0 Å². The predicted molar refractivity (Wildman–Crippen MR) is 152 cm³/mol. The first kappa shape index (κ1) is 28.4. The Morgan fingerprint density at radius 3 is 1.82 bits per heavy atom. The van der Waals surface area contributed by atoms with E-state index in [0.29, 0.717) is 0 Å². The van der Waals surface area contributed by atoms with Crippen LogP contribution in [0.2, 0.25) is 0 Å². The second-order valence-corrected chi connectivity index (χ2v) is 9.18. The Hall–Kier alpha value is -4.63. The van der Waals surface area contributed by atoms with Gasteiger partial charge in [-0.25, -0.2) is 9.78 Å². The first-order chi connectivity index (χ1) is 19.1. The molecule has 0 aliphatic rings. The summed E-state index contributed by atoms with van der Waals surface area (Å²) >= 11 is 0. The molecular weight excluding hydrogens is 517 g/mol. The summed E-state index contributed by atoms with van der Waals surface area (Å²) in [7, 11) is 1.94. The zero-order valence-corrected chi connectivity index (χ0v) is 22.0. The third kappa shape index (κ3) is 7.27. The number of imidazole rings is 1. The van der Waals surface area contributed by atoms with Crippen LogP contribution >= 0.6 is 0 Å². The minimum absolute atomic E-state index is 0.846. The molecular formula is C31H29F3N4O2. The van der Waals surface area contributed by atoms with Crippen molar-refractivity contribution >= 4 is 22.7 Å². The fourth-order valence-electron chi connectivity index (χ4n) is 4.09. The fraction of sp³-hybridized carbons (Fsp3) is 0.161. The van der Waals surface area contributed by atoms with E-state index in [9.17, 15) is 13.2 Å². The minimum atomic E-state index is -5.08. The van der Waals surface area contributed by atoms with Crippen LogP contribution in [0.15, 0.2) is 91.0 Å². The van der Waals surface area contributed by atoms with E-state index in [-0.39, 0.29) is 0 Å². The topological polar surface area (TPSA) is 90.0 Å². The highest BCUT2D eigenvalue weighted by molar-refractivity contribution is 5.82. The molecule has 0 bridgehead atoms. The van der Waals surface area contributed by atoms with E-state index in [1.165, 1.54) is 27.8 Å². The van der Waals surface area contributed by atoms with Gasteiger partial charge in [-0.05, 0) is 52.9 Å². The number of para-hydroxylation sites is 1. The number of benzene rings is 4. The number of halogens is 3. The molecule has 0 atom stereocenters. The average Bonchev–Trinajstić information content (AvgIpc) is 3.40. The van der Waals surface area contributed by atoms with E-state index in [2.05, 4.69) is 114 Å². The molecule has 0 spiro atoms. The number of hydrogen-bond donors (Lipinski definition) is 4. The summed E-state index contributed by atoms with van der Waals surface area (Å²) < 4.78 is 31.7. The Balaban J connectivity index is 0.000000470. The van der Waals surface area contributed by atoms with Gasteiger partial charge in [-0.3, -0.25) is 0 Å². The first-order valence-corrected chi connectivity index (χ1v) is 12.6. The number of carbonyl (C=O) groups is 1. The van der Waals surface area contributed by atoms with Crippen LogP contribution in [0, 0.1) is 6.92 Å². The second kappa shape index (κ2) is 12.5. The molecule has 0 saturated carbocycles. The van der Waals surface area contributed by atoms with Crippen molar-refractivity contribution in [3.05, 3.63) is 108 Å². The summed E-state index contributed by atoms with van der Waals surface area (Å²) in [5.74, 6) is -1.85. The number of nitrogens with one attached hydrogen (secondary N) is 3. The van der Waals surface area contributed by atoms with Gasteiger partial charge in [0.05, 0.1) is 11.0 Å². The van der Waals surface area contributed by atoms with Gasteiger partial charge in [0, 0.05) is 31.4 Å². The number of rotatable bonds is 7. The number of nitrogens with zero attached hydrogens (tertiary/aromatic N) is 1. The van der Waals surface area contributed by atoms with Crippen molar-refractivity contribution in [2.45, 2.75) is 26.2 Å². The number of aliphatic carboxylic acids is 1. The van der Waals surface area contributed by atoms with Crippen molar-refractivity contribution in [2.75, 3.05) is 12.4 Å². The number of carboxylic acids is 1. The van der Waals surface area contributed by atoms with Crippen molar-refractivity contribution in [2.24, 2.45) is 0 Å². The molecule has 5 rings (SSSR count). The van der Waals surface area contributed by atoms with Crippen LogP contribution in [0.1, 0.15) is 16.7 Å². The molecule has 0 fully saturated rings. The van der Waals surface area contributed by atoms with Gasteiger partial charge in [0.15, 0.2) is 0 Å². The van der Waals surface area contributed by atoms with Gasteiger partial charge in [-0.2, -0.15) is 13.2 Å². The van der Waals surface area contributed by atoms with Gasteiger partial charge >= 0.3 is 12.1 Å². The van der Waals surface area contributed by atoms with Crippen LogP contribution in [0.3, 0.4) is 0 Å². The maximum atomic E-state index is 10.6. The maximum Gasteiger partial charge on any atom is 0.490 e. The van der Waals surface area contributed by atoms with Crippen LogP contribution in [0.25, 0.3) is 33.5 Å². The quantitative estimate of drug-likeness (QED) is 0.174. The van der Waals surface area contributed by atoms with Crippen LogP contribution in [0.5, 0.6) is 0 Å². The van der Waals surface area contributed by atoms with Crippen LogP contribution < -0.4 is 10.6 Å². The molecule has 0 amide bonds. The van der Waals surface area contributed by atoms with E-state index in [0.717, 1.165) is 41.2 Å². The first-order valence-electron chi connectivity index (χ1n) is 12.6. The molecule has 0 saturated heterocycles. The molecule has 0 radical (unpaired) electrons. The summed E-state index contributed by atoms with van der Waals surface area (Å²) in [6.45, 7) is 3.80. The number of H-pyrrole nitrogens is 1. The molecule has 0 unspecified atom stereocenters. The molecule has 4 aromatic carbocycles. The summed E-state index contributed by atoms with van der Waals surface area (Å²) in [5.41, 5.74) is 10.5. The van der Waals surface area contributed by atoms with Crippen molar-refractivity contribution in [1.82, 2.24) is 15.3 Å². The molecule has 206 valence electrons. The lowest BCUT2D eigenvalue weighted by Gasteiger charge is -2.08. The molecule has 0 aliphatic heterocycles. The van der Waals surface area contributed by atoms with Crippen molar-refractivity contribution in [1.29, 1.82) is 0 Å². The lowest BCUT2D eigenvalue weighted by molar-refractivity contribution is -0.192. The lowest BCUT2D eigenvalue weighted by Crippen LogP contribution is -2.21. The Bertz CT molecular complexity index is 1560. The standard InChI is InChI=1S/C29H28N4.C2HF3O2/c1-20-4-3-5-27-28(20)33-29(32-27)25-14-12-24(13-15-25)23-10-6-21(7-11-23)18-31-19-22-8-16-26(30-2)17-9-22;3-2(4,5)1(6)7/h3-17,30-31H,18-19H2,1-2H3,(H,32,33);(H,6,7). The number of carboxylic acid groups (broad SMARTS) is 1. The normalized spacial score (nSPS) is 11.1. The third-order valence-electron chi connectivity index (χ3n) is 6.30. The average molecular weight is 547 g/mol. The highest BCUT2D eigenvalue weighted by Gasteiger charge is 2.38. The Labute approximate surface area is 229 Å². The number of aromatic nitrogens is 2. The zero-order valence-electron chi connectivity index (χ0n) is 22.0. The SMILES string of the molecule is CNc1ccc(CNCc2ccc(-c3ccc(-c4nc5c(C)cccc5[nH]4)cc3)cc2)cc1.O=C(O)C(F)(F)F. The number of aromatic amines is 1.